The van der Waals surface area contributed by atoms with E-state index < -0.39 is 0 Å². The largest absolute Gasteiger partial charge is 0.320 e. The summed E-state index contributed by atoms with van der Waals surface area (Å²) in [5.41, 5.74) is 1.82. The van der Waals surface area contributed by atoms with E-state index >= 15 is 0 Å². The molecule has 0 unspecified atom stereocenters. The molecule has 0 bridgehead atoms. The van der Waals surface area contributed by atoms with Crippen LogP contribution in [0.5, 0.6) is 0 Å². The molecule has 0 atom stereocenters. The third-order valence-corrected chi connectivity index (χ3v) is 5.04. The van der Waals surface area contributed by atoms with E-state index in [4.69, 9.17) is 0 Å². The number of carbonyl (C=O) groups excluding carboxylic acids is 1. The molecule has 27 heavy (non-hydrogen) atoms. The molecule has 7 heteroatoms. The van der Waals surface area contributed by atoms with Crippen LogP contribution in [0.1, 0.15) is 27.3 Å². The number of amides is 1. The Balaban J connectivity index is 1.55. The van der Waals surface area contributed by atoms with E-state index in [-0.39, 0.29) is 11.7 Å². The summed E-state index contributed by atoms with van der Waals surface area (Å²) in [6, 6.07) is 16.0. The molecule has 1 aromatic heterocycles. The molecule has 0 aliphatic carbocycles. The van der Waals surface area contributed by atoms with Crippen molar-refractivity contribution in [3.05, 3.63) is 76.0 Å². The molecule has 1 heterocycles. The monoisotopic (exact) mass is 384 g/mol. The smallest absolute Gasteiger partial charge is 0.286 e. The number of carbonyl (C=O) groups is 1. The van der Waals surface area contributed by atoms with Crippen LogP contribution in [0.2, 0.25) is 0 Å². The van der Waals surface area contributed by atoms with E-state index in [9.17, 15) is 9.18 Å². The highest BCUT2D eigenvalue weighted by molar-refractivity contribution is 7.13. The van der Waals surface area contributed by atoms with Gasteiger partial charge in [-0.3, -0.25) is 9.69 Å². The van der Waals surface area contributed by atoms with Gasteiger partial charge in [-0.2, -0.15) is 0 Å². The van der Waals surface area contributed by atoms with Gasteiger partial charge in [-0.15, -0.1) is 10.2 Å². The Morgan fingerprint density at radius 3 is 2.56 bits per heavy atom. The average Bonchev–Trinajstić information content (AvgIpc) is 3.16. The lowest BCUT2D eigenvalue weighted by Gasteiger charge is -2.18. The zero-order chi connectivity index (χ0) is 19.1. The predicted octanol–water partition coefficient (Wildman–Crippen LogP) is 3.99. The molecule has 140 valence electrons. The van der Waals surface area contributed by atoms with Crippen LogP contribution < -0.4 is 5.32 Å². The first-order valence-corrected chi connectivity index (χ1v) is 9.61. The van der Waals surface area contributed by atoms with Gasteiger partial charge in [0.15, 0.2) is 0 Å². The Morgan fingerprint density at radius 1 is 1.11 bits per heavy atom. The molecule has 1 N–H and O–H groups in total. The van der Waals surface area contributed by atoms with Crippen LogP contribution in [-0.4, -0.2) is 34.1 Å². The summed E-state index contributed by atoms with van der Waals surface area (Å²) in [7, 11) is 0. The number of rotatable bonds is 8. The molecule has 3 rings (SSSR count). The molecule has 5 nitrogen and oxygen atoms in total. The second-order valence-corrected chi connectivity index (χ2v) is 7.13. The maximum atomic E-state index is 12.9. The number of aromatic nitrogens is 2. The van der Waals surface area contributed by atoms with Gasteiger partial charge in [-0.05, 0) is 42.8 Å². The fourth-order valence-electron chi connectivity index (χ4n) is 2.60. The zero-order valence-electron chi connectivity index (χ0n) is 15.1. The third-order valence-electron chi connectivity index (χ3n) is 4.13. The summed E-state index contributed by atoms with van der Waals surface area (Å²) >= 11 is 1.28. The molecule has 0 aliphatic rings. The van der Waals surface area contributed by atoms with Crippen molar-refractivity contribution in [3.63, 3.8) is 0 Å². The summed E-state index contributed by atoms with van der Waals surface area (Å²) < 4.78 is 12.9. The van der Waals surface area contributed by atoms with Gasteiger partial charge in [0, 0.05) is 12.2 Å². The van der Waals surface area contributed by atoms with E-state index in [0.717, 1.165) is 24.5 Å². The highest BCUT2D eigenvalue weighted by atomic mass is 32.1. The number of nitrogens with one attached hydrogen (secondary N) is 1. The molecule has 0 spiro atoms. The van der Waals surface area contributed by atoms with Crippen molar-refractivity contribution in [1.29, 1.82) is 0 Å². The van der Waals surface area contributed by atoms with Crippen molar-refractivity contribution < 1.29 is 9.18 Å². The van der Waals surface area contributed by atoms with Crippen LogP contribution in [0.4, 0.5) is 10.1 Å². The lowest BCUT2D eigenvalue weighted by molar-refractivity contribution is 0.102. The van der Waals surface area contributed by atoms with Gasteiger partial charge in [0.1, 0.15) is 10.8 Å². The Bertz CT molecular complexity index is 867. The second-order valence-electron chi connectivity index (χ2n) is 6.07. The van der Waals surface area contributed by atoms with E-state index in [1.54, 1.807) is 0 Å². The third kappa shape index (κ3) is 5.67. The SMILES string of the molecule is CCN(CCc1ccccc1)Cc1nnc(C(=O)Nc2ccc(F)cc2)s1. The van der Waals surface area contributed by atoms with E-state index in [0.29, 0.717) is 17.2 Å². The van der Waals surface area contributed by atoms with Crippen molar-refractivity contribution in [1.82, 2.24) is 15.1 Å². The summed E-state index contributed by atoms with van der Waals surface area (Å²) in [4.78, 5) is 14.5. The Hall–Kier alpha value is -2.64. The highest BCUT2D eigenvalue weighted by Crippen LogP contribution is 2.16. The average molecular weight is 384 g/mol. The van der Waals surface area contributed by atoms with Gasteiger partial charge in [0.25, 0.3) is 5.91 Å². The molecular formula is C20H21FN4OS. The fourth-order valence-corrected chi connectivity index (χ4v) is 3.38. The summed E-state index contributed by atoms with van der Waals surface area (Å²) in [5, 5.41) is 11.9. The number of benzene rings is 2. The molecule has 3 aromatic rings. The highest BCUT2D eigenvalue weighted by Gasteiger charge is 2.15. The number of hydrogen-bond acceptors (Lipinski definition) is 5. The van der Waals surface area contributed by atoms with Gasteiger partial charge >= 0.3 is 0 Å². The zero-order valence-corrected chi connectivity index (χ0v) is 15.9. The normalized spacial score (nSPS) is 10.9. The van der Waals surface area contributed by atoms with Gasteiger partial charge in [-0.25, -0.2) is 4.39 Å². The standard InChI is InChI=1S/C20H21FN4OS/c1-2-25(13-12-15-6-4-3-5-7-15)14-18-23-24-20(27-18)19(26)22-17-10-8-16(21)9-11-17/h3-11H,2,12-14H2,1H3,(H,22,26). The van der Waals surface area contributed by atoms with Crippen LogP contribution in [-0.2, 0) is 13.0 Å². The van der Waals surface area contributed by atoms with Crippen molar-refractivity contribution in [2.24, 2.45) is 0 Å². The minimum Gasteiger partial charge on any atom is -0.320 e. The number of hydrogen-bond donors (Lipinski definition) is 1. The predicted molar refractivity (Wildman–Crippen MR) is 105 cm³/mol. The molecular weight excluding hydrogens is 363 g/mol. The topological polar surface area (TPSA) is 58.1 Å². The second kappa shape index (κ2) is 9.34. The number of nitrogens with zero attached hydrogens (tertiary/aromatic N) is 3. The van der Waals surface area contributed by atoms with Gasteiger partial charge < -0.3 is 5.32 Å². The number of anilines is 1. The Kier molecular flexibility index (Phi) is 6.62. The van der Waals surface area contributed by atoms with E-state index in [2.05, 4.69) is 39.5 Å². The van der Waals surface area contributed by atoms with Crippen LogP contribution in [0.15, 0.2) is 54.6 Å². The van der Waals surface area contributed by atoms with Crippen molar-refractivity contribution in [2.45, 2.75) is 19.9 Å². The van der Waals surface area contributed by atoms with Crippen LogP contribution in [0.25, 0.3) is 0 Å². The lowest BCUT2D eigenvalue weighted by atomic mass is 10.1. The summed E-state index contributed by atoms with van der Waals surface area (Å²) in [6.45, 7) is 4.57. The number of likely N-dealkylation sites (N-methyl/N-ethyl adjacent to an activating group) is 1. The fraction of sp³-hybridized carbons (Fsp3) is 0.250. The van der Waals surface area contributed by atoms with Gasteiger partial charge in [0.2, 0.25) is 5.01 Å². The summed E-state index contributed by atoms with van der Waals surface area (Å²) in [6.07, 6.45) is 0.964. The minimum absolute atomic E-state index is 0.299. The quantitative estimate of drug-likeness (QED) is 0.638. The molecule has 2 aromatic carbocycles. The van der Waals surface area contributed by atoms with Gasteiger partial charge in [-0.1, -0.05) is 48.6 Å². The minimum atomic E-state index is -0.346. The Labute approximate surface area is 161 Å². The lowest BCUT2D eigenvalue weighted by Crippen LogP contribution is -2.25. The molecule has 0 radical (unpaired) electrons. The van der Waals surface area contributed by atoms with Crippen molar-refractivity contribution >= 4 is 22.9 Å². The molecule has 1 amide bonds. The molecule has 0 aliphatic heterocycles. The van der Waals surface area contributed by atoms with Crippen molar-refractivity contribution in [3.8, 4) is 0 Å². The first-order chi connectivity index (χ1) is 13.1. The first kappa shape index (κ1) is 19.1. The maximum Gasteiger partial charge on any atom is 0.286 e. The summed E-state index contributed by atoms with van der Waals surface area (Å²) in [5.74, 6) is -0.681. The molecule has 0 saturated heterocycles. The van der Waals surface area contributed by atoms with E-state index in [1.165, 1.54) is 41.2 Å². The maximum absolute atomic E-state index is 12.9. The van der Waals surface area contributed by atoms with E-state index in [1.807, 2.05) is 18.2 Å². The van der Waals surface area contributed by atoms with Crippen LogP contribution in [0, 0.1) is 5.82 Å². The van der Waals surface area contributed by atoms with Gasteiger partial charge in [0.05, 0.1) is 6.54 Å². The van der Waals surface area contributed by atoms with Crippen LogP contribution >= 0.6 is 11.3 Å². The molecule has 0 saturated carbocycles. The Morgan fingerprint density at radius 2 is 1.85 bits per heavy atom. The van der Waals surface area contributed by atoms with Crippen molar-refractivity contribution in [2.75, 3.05) is 18.4 Å². The van der Waals surface area contributed by atoms with Crippen LogP contribution in [0.3, 0.4) is 0 Å². The first-order valence-electron chi connectivity index (χ1n) is 8.79. The number of halogens is 1. The molecule has 0 fully saturated rings.